The van der Waals surface area contributed by atoms with E-state index < -0.39 is 11.6 Å². The lowest BCUT2D eigenvalue weighted by atomic mass is 9.85. The third kappa shape index (κ3) is 2.25. The van der Waals surface area contributed by atoms with E-state index in [1.165, 1.54) is 6.07 Å². The van der Waals surface area contributed by atoms with E-state index in [9.17, 15) is 8.78 Å². The molecule has 0 aliphatic carbocycles. The first-order chi connectivity index (χ1) is 8.32. The molecule has 1 aromatic heterocycles. The molecule has 0 spiro atoms. The highest BCUT2D eigenvalue weighted by atomic mass is 19.1. The molecule has 0 bridgehead atoms. The summed E-state index contributed by atoms with van der Waals surface area (Å²) in [6.45, 7) is 6.16. The van der Waals surface area contributed by atoms with Crippen molar-refractivity contribution in [2.24, 2.45) is 5.41 Å². The number of benzene rings is 1. The molecular formula is C14H17F2NO. The Balaban J connectivity index is 2.56. The van der Waals surface area contributed by atoms with Gasteiger partial charge in [0.25, 0.3) is 0 Å². The maximum absolute atomic E-state index is 13.6. The molecule has 2 rings (SSSR count). The number of hydrogen-bond donors (Lipinski definition) is 1. The Morgan fingerprint density at radius 2 is 1.83 bits per heavy atom. The summed E-state index contributed by atoms with van der Waals surface area (Å²) in [7, 11) is 1.82. The second kappa shape index (κ2) is 4.35. The lowest BCUT2D eigenvalue weighted by Gasteiger charge is -2.28. The summed E-state index contributed by atoms with van der Waals surface area (Å²) in [5, 5.41) is 3.59. The highest BCUT2D eigenvalue weighted by Gasteiger charge is 2.28. The Labute approximate surface area is 105 Å². The summed E-state index contributed by atoms with van der Waals surface area (Å²) >= 11 is 0. The number of fused-ring (bicyclic) bond motifs is 1. The summed E-state index contributed by atoms with van der Waals surface area (Å²) in [4.78, 5) is 0. The van der Waals surface area contributed by atoms with Gasteiger partial charge in [0.15, 0.2) is 11.4 Å². The second-order valence-corrected chi connectivity index (χ2v) is 5.54. The first-order valence-corrected chi connectivity index (χ1v) is 5.88. The van der Waals surface area contributed by atoms with Gasteiger partial charge < -0.3 is 9.73 Å². The van der Waals surface area contributed by atoms with E-state index in [0.29, 0.717) is 11.1 Å². The summed E-state index contributed by atoms with van der Waals surface area (Å²) in [6.07, 6.45) is 0. The fourth-order valence-electron chi connectivity index (χ4n) is 2.24. The predicted molar refractivity (Wildman–Crippen MR) is 67.4 cm³/mol. The van der Waals surface area contributed by atoms with Gasteiger partial charge in [-0.3, -0.25) is 0 Å². The van der Waals surface area contributed by atoms with Crippen LogP contribution in [0.15, 0.2) is 22.6 Å². The third-order valence-corrected chi connectivity index (χ3v) is 2.99. The Kier molecular flexibility index (Phi) is 3.15. The van der Waals surface area contributed by atoms with Crippen LogP contribution in [-0.4, -0.2) is 7.05 Å². The number of nitrogens with one attached hydrogen (secondary N) is 1. The Bertz CT molecular complexity index is 569. The Morgan fingerprint density at radius 3 is 2.39 bits per heavy atom. The minimum atomic E-state index is -0.667. The van der Waals surface area contributed by atoms with Gasteiger partial charge in [-0.2, -0.15) is 0 Å². The minimum absolute atomic E-state index is 0.0626. The van der Waals surface area contributed by atoms with Gasteiger partial charge in [0.05, 0.1) is 6.04 Å². The number of halogens is 2. The summed E-state index contributed by atoms with van der Waals surface area (Å²) in [6, 6.07) is 3.74. The zero-order valence-electron chi connectivity index (χ0n) is 11.0. The van der Waals surface area contributed by atoms with Gasteiger partial charge in [0.2, 0.25) is 0 Å². The first kappa shape index (κ1) is 13.0. The van der Waals surface area contributed by atoms with E-state index in [2.05, 4.69) is 26.1 Å². The van der Waals surface area contributed by atoms with Crippen molar-refractivity contribution in [3.8, 4) is 0 Å². The van der Waals surface area contributed by atoms with Crippen molar-refractivity contribution < 1.29 is 13.2 Å². The fraction of sp³-hybridized carbons (Fsp3) is 0.429. The van der Waals surface area contributed by atoms with Crippen LogP contribution in [0.25, 0.3) is 11.0 Å². The van der Waals surface area contributed by atoms with E-state index >= 15 is 0 Å². The minimum Gasteiger partial charge on any atom is -0.456 e. The second-order valence-electron chi connectivity index (χ2n) is 5.54. The molecule has 1 N–H and O–H groups in total. The largest absolute Gasteiger partial charge is 0.456 e. The predicted octanol–water partition coefficient (Wildman–Crippen LogP) is 4.02. The monoisotopic (exact) mass is 253 g/mol. The SMILES string of the molecule is CNC(c1cc2cc(F)cc(F)c2o1)C(C)(C)C. The van der Waals surface area contributed by atoms with Gasteiger partial charge in [-0.15, -0.1) is 0 Å². The molecule has 2 nitrogen and oxygen atoms in total. The first-order valence-electron chi connectivity index (χ1n) is 5.88. The molecule has 1 heterocycles. The maximum atomic E-state index is 13.6. The maximum Gasteiger partial charge on any atom is 0.170 e. The number of furan rings is 1. The van der Waals surface area contributed by atoms with Crippen LogP contribution in [0.3, 0.4) is 0 Å². The molecule has 2 aromatic rings. The molecule has 1 unspecified atom stereocenters. The van der Waals surface area contributed by atoms with E-state index in [4.69, 9.17) is 4.42 Å². The standard InChI is InChI=1S/C14H17F2NO/c1-14(2,3)13(17-4)11-6-8-5-9(15)7-10(16)12(8)18-11/h5-7,13,17H,1-4H3. The topological polar surface area (TPSA) is 25.2 Å². The van der Waals surface area contributed by atoms with E-state index in [1.54, 1.807) is 6.07 Å². The molecule has 4 heteroatoms. The van der Waals surface area contributed by atoms with E-state index in [-0.39, 0.29) is 17.0 Å². The van der Waals surface area contributed by atoms with Crippen molar-refractivity contribution in [3.63, 3.8) is 0 Å². The van der Waals surface area contributed by atoms with Gasteiger partial charge in [-0.1, -0.05) is 20.8 Å². The molecule has 1 atom stereocenters. The highest BCUT2D eigenvalue weighted by Crippen LogP contribution is 2.36. The van der Waals surface area contributed by atoms with Crippen LogP contribution in [0.5, 0.6) is 0 Å². The van der Waals surface area contributed by atoms with Crippen LogP contribution in [0.2, 0.25) is 0 Å². The van der Waals surface area contributed by atoms with Crippen LogP contribution in [-0.2, 0) is 0 Å². The smallest absolute Gasteiger partial charge is 0.170 e. The van der Waals surface area contributed by atoms with Crippen molar-refractivity contribution in [1.82, 2.24) is 5.32 Å². The molecule has 18 heavy (non-hydrogen) atoms. The van der Waals surface area contributed by atoms with Crippen LogP contribution in [0, 0.1) is 17.0 Å². The molecule has 98 valence electrons. The van der Waals surface area contributed by atoms with Crippen LogP contribution in [0.1, 0.15) is 32.6 Å². The average Bonchev–Trinajstić information content (AvgIpc) is 2.59. The molecule has 0 saturated heterocycles. The van der Waals surface area contributed by atoms with Crippen LogP contribution >= 0.6 is 0 Å². The summed E-state index contributed by atoms with van der Waals surface area (Å²) in [5.41, 5.74) is 0.0216. The molecule has 0 radical (unpaired) electrons. The van der Waals surface area contributed by atoms with Crippen molar-refractivity contribution >= 4 is 11.0 Å². The van der Waals surface area contributed by atoms with Gasteiger partial charge in [0, 0.05) is 11.5 Å². The molecule has 0 aliphatic heterocycles. The number of rotatable bonds is 2. The van der Waals surface area contributed by atoms with Crippen molar-refractivity contribution in [1.29, 1.82) is 0 Å². The van der Waals surface area contributed by atoms with E-state index in [1.807, 2.05) is 7.05 Å². The fourth-order valence-corrected chi connectivity index (χ4v) is 2.24. The van der Waals surface area contributed by atoms with Gasteiger partial charge in [-0.25, -0.2) is 8.78 Å². The third-order valence-electron chi connectivity index (χ3n) is 2.99. The van der Waals surface area contributed by atoms with Crippen LogP contribution < -0.4 is 5.32 Å². The number of hydrogen-bond acceptors (Lipinski definition) is 2. The van der Waals surface area contributed by atoms with Gasteiger partial charge >= 0.3 is 0 Å². The molecule has 0 saturated carbocycles. The molecular weight excluding hydrogens is 236 g/mol. The molecule has 1 aromatic carbocycles. The van der Waals surface area contributed by atoms with Gasteiger partial charge in [0.1, 0.15) is 11.6 Å². The molecule has 0 aliphatic rings. The normalized spacial score (nSPS) is 14.1. The Hall–Kier alpha value is -1.42. The van der Waals surface area contributed by atoms with E-state index in [0.717, 1.165) is 6.07 Å². The lowest BCUT2D eigenvalue weighted by molar-refractivity contribution is 0.253. The quantitative estimate of drug-likeness (QED) is 0.874. The zero-order chi connectivity index (χ0) is 13.5. The summed E-state index contributed by atoms with van der Waals surface area (Å²) < 4.78 is 32.2. The van der Waals surface area contributed by atoms with Crippen molar-refractivity contribution in [2.75, 3.05) is 7.05 Å². The van der Waals surface area contributed by atoms with Crippen LogP contribution in [0.4, 0.5) is 8.78 Å². The van der Waals surface area contributed by atoms with Crippen molar-refractivity contribution in [3.05, 3.63) is 35.6 Å². The summed E-state index contributed by atoms with van der Waals surface area (Å²) in [5.74, 6) is -0.645. The van der Waals surface area contributed by atoms with Gasteiger partial charge in [-0.05, 0) is 24.6 Å². The van der Waals surface area contributed by atoms with Crippen molar-refractivity contribution in [2.45, 2.75) is 26.8 Å². The zero-order valence-corrected chi connectivity index (χ0v) is 11.0. The Morgan fingerprint density at radius 1 is 1.17 bits per heavy atom. The average molecular weight is 253 g/mol. The highest BCUT2D eigenvalue weighted by molar-refractivity contribution is 5.78. The molecule has 0 fully saturated rings. The molecule has 0 amide bonds. The lowest BCUT2D eigenvalue weighted by Crippen LogP contribution is -2.29.